The van der Waals surface area contributed by atoms with Crippen LogP contribution in [0.15, 0.2) is 45.7 Å². The summed E-state index contributed by atoms with van der Waals surface area (Å²) in [5.41, 5.74) is 0.549. The van der Waals surface area contributed by atoms with Crippen LogP contribution >= 0.6 is 11.6 Å². The number of para-hydroxylation sites is 1. The second kappa shape index (κ2) is 5.04. The number of nitrogens with one attached hydrogen (secondary N) is 1. The van der Waals surface area contributed by atoms with Crippen LogP contribution in [0.5, 0.6) is 0 Å². The molecule has 0 fully saturated rings. The highest BCUT2D eigenvalue weighted by Gasteiger charge is 2.12. The molecule has 96 valence electrons. The molecule has 18 heavy (non-hydrogen) atoms. The van der Waals surface area contributed by atoms with Crippen LogP contribution in [0.2, 0.25) is 5.22 Å². The number of halogens is 1. The lowest BCUT2D eigenvalue weighted by molar-refractivity contribution is 0.519. The van der Waals surface area contributed by atoms with E-state index in [0.717, 1.165) is 0 Å². The summed E-state index contributed by atoms with van der Waals surface area (Å²) in [5.74, 6) is 0.642. The van der Waals surface area contributed by atoms with Crippen LogP contribution in [0.4, 0.5) is 5.69 Å². The first kappa shape index (κ1) is 13.0. The number of sulfone groups is 1. The zero-order valence-electron chi connectivity index (χ0n) is 9.68. The molecule has 0 aliphatic rings. The van der Waals surface area contributed by atoms with Crippen molar-refractivity contribution in [1.82, 2.24) is 0 Å². The molecule has 1 N–H and O–H groups in total. The van der Waals surface area contributed by atoms with Gasteiger partial charge < -0.3 is 9.73 Å². The molecule has 1 aromatic carbocycles. The van der Waals surface area contributed by atoms with Gasteiger partial charge in [-0.05, 0) is 35.9 Å². The molecule has 0 atom stereocenters. The third kappa shape index (κ3) is 3.05. The summed E-state index contributed by atoms with van der Waals surface area (Å²) >= 11 is 5.66. The molecule has 1 heterocycles. The normalized spacial score (nSPS) is 11.4. The van der Waals surface area contributed by atoms with E-state index in [2.05, 4.69) is 5.32 Å². The molecule has 0 bridgehead atoms. The molecule has 0 aliphatic heterocycles. The second-order valence-corrected chi connectivity index (χ2v) is 6.18. The third-order valence-corrected chi connectivity index (χ3v) is 3.73. The molecule has 0 aliphatic carbocycles. The average molecular weight is 286 g/mol. The molecule has 1 aromatic heterocycles. The Labute approximate surface area is 110 Å². The van der Waals surface area contributed by atoms with E-state index in [0.29, 0.717) is 23.2 Å². The quantitative estimate of drug-likeness (QED) is 0.938. The summed E-state index contributed by atoms with van der Waals surface area (Å²) in [4.78, 5) is 0.266. The van der Waals surface area contributed by atoms with Crippen LogP contribution in [-0.4, -0.2) is 14.7 Å². The fraction of sp³-hybridized carbons (Fsp3) is 0.167. The molecule has 6 heteroatoms. The zero-order chi connectivity index (χ0) is 13.2. The van der Waals surface area contributed by atoms with Gasteiger partial charge in [0.2, 0.25) is 0 Å². The average Bonchev–Trinajstić information content (AvgIpc) is 2.72. The number of anilines is 1. The van der Waals surface area contributed by atoms with Gasteiger partial charge in [-0.15, -0.1) is 0 Å². The van der Waals surface area contributed by atoms with Gasteiger partial charge in [0.15, 0.2) is 15.1 Å². The maximum atomic E-state index is 11.6. The minimum absolute atomic E-state index is 0.266. The summed E-state index contributed by atoms with van der Waals surface area (Å²) in [5, 5.41) is 3.33. The summed E-state index contributed by atoms with van der Waals surface area (Å²) in [6, 6.07) is 10.1. The van der Waals surface area contributed by atoms with Gasteiger partial charge in [0.25, 0.3) is 0 Å². The molecule has 2 aromatic rings. The lowest BCUT2D eigenvalue weighted by Gasteiger charge is -2.09. The van der Waals surface area contributed by atoms with Crippen molar-refractivity contribution in [3.8, 4) is 0 Å². The summed E-state index contributed by atoms with van der Waals surface area (Å²) in [6.45, 7) is 0.374. The van der Waals surface area contributed by atoms with Crippen molar-refractivity contribution >= 4 is 27.1 Å². The monoisotopic (exact) mass is 285 g/mol. The third-order valence-electron chi connectivity index (χ3n) is 2.37. The van der Waals surface area contributed by atoms with Crippen LogP contribution in [0, 0.1) is 0 Å². The van der Waals surface area contributed by atoms with Crippen molar-refractivity contribution in [2.45, 2.75) is 11.4 Å². The highest BCUT2D eigenvalue weighted by atomic mass is 35.5. The molecule has 0 unspecified atom stereocenters. The van der Waals surface area contributed by atoms with Gasteiger partial charge in [-0.25, -0.2) is 8.42 Å². The Morgan fingerprint density at radius 2 is 1.94 bits per heavy atom. The van der Waals surface area contributed by atoms with E-state index >= 15 is 0 Å². The number of rotatable bonds is 4. The number of hydrogen-bond acceptors (Lipinski definition) is 4. The minimum atomic E-state index is -3.25. The van der Waals surface area contributed by atoms with E-state index in [4.69, 9.17) is 16.0 Å². The fourth-order valence-corrected chi connectivity index (χ4v) is 2.59. The summed E-state index contributed by atoms with van der Waals surface area (Å²) in [7, 11) is -3.25. The van der Waals surface area contributed by atoms with Crippen LogP contribution in [0.3, 0.4) is 0 Å². The first-order chi connectivity index (χ1) is 8.47. The molecule has 0 saturated heterocycles. The van der Waals surface area contributed by atoms with Crippen LogP contribution in [-0.2, 0) is 16.4 Å². The summed E-state index contributed by atoms with van der Waals surface area (Å²) < 4.78 is 28.4. The topological polar surface area (TPSA) is 59.3 Å². The predicted octanol–water partition coefficient (Wildman–Crippen LogP) is 2.95. The van der Waals surface area contributed by atoms with Gasteiger partial charge >= 0.3 is 0 Å². The molecule has 2 rings (SSSR count). The fourth-order valence-electron chi connectivity index (χ4n) is 1.57. The first-order valence-electron chi connectivity index (χ1n) is 5.24. The molecule has 0 amide bonds. The smallest absolute Gasteiger partial charge is 0.193 e. The standard InChI is InChI=1S/C12H12ClNO3S/c1-18(15,16)11-5-3-2-4-10(11)14-8-9-6-7-12(13)17-9/h2-7,14H,8H2,1H3. The van der Waals surface area contributed by atoms with Crippen molar-refractivity contribution in [1.29, 1.82) is 0 Å². The predicted molar refractivity (Wildman–Crippen MR) is 70.6 cm³/mol. The van der Waals surface area contributed by atoms with E-state index in [1.807, 2.05) is 0 Å². The molecular weight excluding hydrogens is 274 g/mol. The van der Waals surface area contributed by atoms with Crippen LogP contribution in [0.1, 0.15) is 5.76 Å². The van der Waals surface area contributed by atoms with Crippen molar-refractivity contribution in [2.75, 3.05) is 11.6 Å². The Morgan fingerprint density at radius 3 is 2.56 bits per heavy atom. The number of benzene rings is 1. The Bertz CT molecular complexity index is 649. The SMILES string of the molecule is CS(=O)(=O)c1ccccc1NCc1ccc(Cl)o1. The van der Waals surface area contributed by atoms with Crippen molar-refractivity contribution in [3.05, 3.63) is 47.4 Å². The van der Waals surface area contributed by atoms with Gasteiger partial charge in [-0.1, -0.05) is 12.1 Å². The van der Waals surface area contributed by atoms with Crippen molar-refractivity contribution < 1.29 is 12.8 Å². The molecule has 0 saturated carbocycles. The number of furan rings is 1. The van der Waals surface area contributed by atoms with Crippen LogP contribution in [0.25, 0.3) is 0 Å². The second-order valence-electron chi connectivity index (χ2n) is 3.83. The van der Waals surface area contributed by atoms with E-state index in [1.54, 1.807) is 36.4 Å². The first-order valence-corrected chi connectivity index (χ1v) is 7.51. The van der Waals surface area contributed by atoms with E-state index < -0.39 is 9.84 Å². The Hall–Kier alpha value is -1.46. The maximum Gasteiger partial charge on any atom is 0.193 e. The highest BCUT2D eigenvalue weighted by molar-refractivity contribution is 7.90. The largest absolute Gasteiger partial charge is 0.448 e. The van der Waals surface area contributed by atoms with Gasteiger partial charge in [0.05, 0.1) is 17.1 Å². The number of hydrogen-bond donors (Lipinski definition) is 1. The van der Waals surface area contributed by atoms with Crippen molar-refractivity contribution in [3.63, 3.8) is 0 Å². The molecule has 0 radical (unpaired) electrons. The van der Waals surface area contributed by atoms with Gasteiger partial charge in [-0.2, -0.15) is 0 Å². The summed E-state index contributed by atoms with van der Waals surface area (Å²) in [6.07, 6.45) is 1.18. The molecular formula is C12H12ClNO3S. The Kier molecular flexibility index (Phi) is 3.63. The maximum absolute atomic E-state index is 11.6. The van der Waals surface area contributed by atoms with Gasteiger partial charge in [-0.3, -0.25) is 0 Å². The van der Waals surface area contributed by atoms with Crippen LogP contribution < -0.4 is 5.32 Å². The van der Waals surface area contributed by atoms with E-state index in [9.17, 15) is 8.42 Å². The Balaban J connectivity index is 2.20. The Morgan fingerprint density at radius 1 is 1.22 bits per heavy atom. The van der Waals surface area contributed by atoms with Gasteiger partial charge in [0, 0.05) is 6.26 Å². The zero-order valence-corrected chi connectivity index (χ0v) is 11.3. The lowest BCUT2D eigenvalue weighted by atomic mass is 10.3. The van der Waals surface area contributed by atoms with E-state index in [1.165, 1.54) is 6.26 Å². The highest BCUT2D eigenvalue weighted by Crippen LogP contribution is 2.22. The molecule has 4 nitrogen and oxygen atoms in total. The molecule has 0 spiro atoms. The van der Waals surface area contributed by atoms with Gasteiger partial charge in [0.1, 0.15) is 5.76 Å². The minimum Gasteiger partial charge on any atom is -0.448 e. The lowest BCUT2D eigenvalue weighted by Crippen LogP contribution is -2.05. The van der Waals surface area contributed by atoms with Crippen molar-refractivity contribution in [2.24, 2.45) is 0 Å². The van der Waals surface area contributed by atoms with E-state index in [-0.39, 0.29) is 4.90 Å².